The number of nitrogens with one attached hydrogen (secondary N) is 4. The lowest BCUT2D eigenvalue weighted by molar-refractivity contribution is -0.134. The molecule has 5 aromatic rings. The second-order valence-electron chi connectivity index (χ2n) is 14.5. The average molecular weight is 760 g/mol. The van der Waals surface area contributed by atoms with Crippen LogP contribution in [0.1, 0.15) is 69.0 Å². The van der Waals surface area contributed by atoms with E-state index in [0.717, 1.165) is 83.2 Å². The molecule has 14 nitrogen and oxygen atoms in total. The van der Waals surface area contributed by atoms with Gasteiger partial charge >= 0.3 is 12.2 Å². The van der Waals surface area contributed by atoms with Crippen LogP contribution >= 0.6 is 0 Å². The van der Waals surface area contributed by atoms with Crippen molar-refractivity contribution >= 4 is 18.1 Å². The normalized spacial score (nSPS) is 18.6. The molecule has 2 fully saturated rings. The standard InChI is InChI=1S/C42H49N9O5/c1-26(46-41(53)55-3)40(52)51-22-8-11-37(51)39-45-25-35(48-39)31-18-14-29(15-19-31)28-12-16-30(17-13-28)34-24-44-38(47-34)36-10-7-21-50(36)27(2)33(49-42(54)56-4)23-32-9-5-6-20-43-32/h5-6,9,12-20,24-27,33,36-37H,7-8,10-11,21-23H2,1-4H3,(H,44,47)(H,45,48)(H,46,53)(H,49,54)/t26-,27?,33-,36-,37-/m0/s1. The fourth-order valence-electron chi connectivity index (χ4n) is 7.95. The van der Waals surface area contributed by atoms with Gasteiger partial charge in [0.15, 0.2) is 0 Å². The van der Waals surface area contributed by atoms with E-state index in [2.05, 4.69) is 95.7 Å². The van der Waals surface area contributed by atoms with Crippen molar-refractivity contribution in [2.24, 2.45) is 0 Å². The Bertz CT molecular complexity index is 2100. The molecule has 1 unspecified atom stereocenters. The summed E-state index contributed by atoms with van der Waals surface area (Å²) in [5.74, 6) is 1.48. The van der Waals surface area contributed by atoms with Crippen LogP contribution in [0.5, 0.6) is 0 Å². The molecule has 292 valence electrons. The first kappa shape index (κ1) is 38.3. The number of methoxy groups -OCH3 is 2. The lowest BCUT2D eigenvalue weighted by atomic mass is 10.0. The van der Waals surface area contributed by atoms with E-state index in [4.69, 9.17) is 9.72 Å². The van der Waals surface area contributed by atoms with E-state index in [9.17, 15) is 14.4 Å². The molecular weight excluding hydrogens is 711 g/mol. The molecular formula is C42H49N9O5. The monoisotopic (exact) mass is 759 g/mol. The van der Waals surface area contributed by atoms with E-state index in [-0.39, 0.29) is 30.1 Å². The Labute approximate surface area is 326 Å². The highest BCUT2D eigenvalue weighted by Gasteiger charge is 2.37. The maximum atomic E-state index is 13.1. The quantitative estimate of drug-likeness (QED) is 0.112. The van der Waals surface area contributed by atoms with Crippen LogP contribution in [0, 0.1) is 0 Å². The first-order chi connectivity index (χ1) is 27.2. The number of hydrogen-bond acceptors (Lipinski definition) is 9. The molecule has 0 saturated carbocycles. The molecule has 3 amide bonds. The Hall–Kier alpha value is -6.02. The van der Waals surface area contributed by atoms with Crippen LogP contribution in [0.2, 0.25) is 0 Å². The van der Waals surface area contributed by atoms with E-state index in [1.54, 1.807) is 24.2 Å². The Morgan fingerprint density at radius 2 is 1.29 bits per heavy atom. The number of aromatic nitrogens is 5. The van der Waals surface area contributed by atoms with Crippen LogP contribution in [-0.4, -0.2) is 98.2 Å². The summed E-state index contributed by atoms with van der Waals surface area (Å²) >= 11 is 0. The van der Waals surface area contributed by atoms with Crippen molar-refractivity contribution in [2.75, 3.05) is 27.3 Å². The minimum Gasteiger partial charge on any atom is -0.453 e. The first-order valence-corrected chi connectivity index (χ1v) is 19.2. The van der Waals surface area contributed by atoms with Crippen LogP contribution in [0.15, 0.2) is 85.3 Å². The van der Waals surface area contributed by atoms with Gasteiger partial charge in [-0.2, -0.15) is 0 Å². The highest BCUT2D eigenvalue weighted by Crippen LogP contribution is 2.35. The highest BCUT2D eigenvalue weighted by molar-refractivity contribution is 5.85. The second kappa shape index (κ2) is 17.2. The Morgan fingerprint density at radius 3 is 1.88 bits per heavy atom. The molecule has 0 radical (unpaired) electrons. The number of pyridine rings is 1. The van der Waals surface area contributed by atoms with Gasteiger partial charge in [0.25, 0.3) is 0 Å². The number of hydrogen-bond donors (Lipinski definition) is 4. The fraction of sp³-hybridized carbons (Fsp3) is 0.381. The SMILES string of the molecule is COC(=O)N[C@@H](C)C(=O)N1CCC[C@H]1c1ncc(-c2ccc(-c3ccc(-c4cnc([C@@H]5CCCN5C(C)[C@H](Cc5ccccn5)NC(=O)OC)[nH]4)cc3)cc2)[nH]1. The number of likely N-dealkylation sites (tertiary alicyclic amines) is 2. The van der Waals surface area contributed by atoms with Gasteiger partial charge in [-0.05, 0) is 80.5 Å². The molecule has 0 spiro atoms. The smallest absolute Gasteiger partial charge is 0.407 e. The Balaban J connectivity index is 0.994. The van der Waals surface area contributed by atoms with Crippen molar-refractivity contribution in [1.82, 2.24) is 45.4 Å². The third kappa shape index (κ3) is 8.45. The van der Waals surface area contributed by atoms with Crippen LogP contribution in [-0.2, 0) is 20.7 Å². The van der Waals surface area contributed by atoms with Crippen molar-refractivity contribution < 1.29 is 23.9 Å². The molecule has 56 heavy (non-hydrogen) atoms. The van der Waals surface area contributed by atoms with E-state index in [1.807, 2.05) is 24.4 Å². The number of benzene rings is 2. The van der Waals surface area contributed by atoms with Gasteiger partial charge < -0.3 is 35.0 Å². The minimum absolute atomic E-state index is 0.0126. The molecule has 5 atom stereocenters. The average Bonchev–Trinajstić information content (AvgIpc) is 4.07. The van der Waals surface area contributed by atoms with Gasteiger partial charge in [-0.1, -0.05) is 54.6 Å². The van der Waals surface area contributed by atoms with Gasteiger partial charge in [0, 0.05) is 30.9 Å². The van der Waals surface area contributed by atoms with E-state index in [0.29, 0.717) is 13.0 Å². The fourth-order valence-corrected chi connectivity index (χ4v) is 7.95. The molecule has 2 aliphatic rings. The van der Waals surface area contributed by atoms with Crippen LogP contribution in [0.3, 0.4) is 0 Å². The largest absolute Gasteiger partial charge is 0.453 e. The van der Waals surface area contributed by atoms with Crippen molar-refractivity contribution in [2.45, 2.75) is 76.2 Å². The zero-order chi connectivity index (χ0) is 39.2. The van der Waals surface area contributed by atoms with E-state index in [1.165, 1.54) is 14.2 Å². The maximum absolute atomic E-state index is 13.1. The summed E-state index contributed by atoms with van der Waals surface area (Å²) in [4.78, 5) is 62.3. The molecule has 3 aromatic heterocycles. The number of nitrogens with zero attached hydrogens (tertiary/aromatic N) is 5. The zero-order valence-corrected chi connectivity index (χ0v) is 32.2. The molecule has 2 aliphatic heterocycles. The van der Waals surface area contributed by atoms with Gasteiger partial charge in [0.05, 0.1) is 56.1 Å². The van der Waals surface area contributed by atoms with Crippen molar-refractivity contribution in [3.05, 3.63) is 103 Å². The highest BCUT2D eigenvalue weighted by atomic mass is 16.5. The number of alkyl carbamates (subject to hydrolysis) is 2. The summed E-state index contributed by atoms with van der Waals surface area (Å²) in [7, 11) is 2.66. The number of ether oxygens (including phenoxy) is 2. The van der Waals surface area contributed by atoms with Crippen LogP contribution in [0.4, 0.5) is 9.59 Å². The summed E-state index contributed by atoms with van der Waals surface area (Å²) in [6.45, 7) is 5.31. The molecule has 0 bridgehead atoms. The van der Waals surface area contributed by atoms with Gasteiger partial charge in [-0.25, -0.2) is 19.6 Å². The zero-order valence-electron chi connectivity index (χ0n) is 32.2. The summed E-state index contributed by atoms with van der Waals surface area (Å²) < 4.78 is 9.62. The number of H-pyrrole nitrogens is 2. The summed E-state index contributed by atoms with van der Waals surface area (Å²) in [6, 6.07) is 21.6. The third-order valence-corrected chi connectivity index (χ3v) is 11.0. The number of amides is 3. The molecule has 7 rings (SSSR count). The van der Waals surface area contributed by atoms with Crippen molar-refractivity contribution in [3.63, 3.8) is 0 Å². The predicted molar refractivity (Wildman–Crippen MR) is 211 cm³/mol. The summed E-state index contributed by atoms with van der Waals surface area (Å²) in [5.41, 5.74) is 6.94. The Morgan fingerprint density at radius 1 is 0.732 bits per heavy atom. The van der Waals surface area contributed by atoms with Gasteiger partial charge in [0.2, 0.25) is 5.91 Å². The van der Waals surface area contributed by atoms with Gasteiger partial charge in [-0.15, -0.1) is 0 Å². The molecule has 0 aliphatic carbocycles. The number of imidazole rings is 2. The molecule has 2 aromatic carbocycles. The van der Waals surface area contributed by atoms with E-state index >= 15 is 0 Å². The van der Waals surface area contributed by atoms with E-state index < -0.39 is 18.2 Å². The summed E-state index contributed by atoms with van der Waals surface area (Å²) in [5, 5.41) is 5.61. The molecule has 4 N–H and O–H groups in total. The molecule has 14 heteroatoms. The molecule has 5 heterocycles. The lowest BCUT2D eigenvalue weighted by Crippen LogP contribution is -2.51. The summed E-state index contributed by atoms with van der Waals surface area (Å²) in [6.07, 6.45) is 8.63. The predicted octanol–water partition coefficient (Wildman–Crippen LogP) is 6.43. The number of rotatable bonds is 12. The van der Waals surface area contributed by atoms with Gasteiger partial charge in [-0.3, -0.25) is 14.7 Å². The number of aromatic amines is 2. The van der Waals surface area contributed by atoms with Gasteiger partial charge in [0.1, 0.15) is 17.7 Å². The maximum Gasteiger partial charge on any atom is 0.407 e. The van der Waals surface area contributed by atoms with Crippen molar-refractivity contribution in [3.8, 4) is 33.6 Å². The van der Waals surface area contributed by atoms with Crippen molar-refractivity contribution in [1.29, 1.82) is 0 Å². The van der Waals surface area contributed by atoms with Crippen LogP contribution in [0.25, 0.3) is 33.6 Å². The Kier molecular flexibility index (Phi) is 11.7. The number of carbonyl (C=O) groups is 3. The minimum atomic E-state index is -0.700. The first-order valence-electron chi connectivity index (χ1n) is 19.2. The third-order valence-electron chi connectivity index (χ3n) is 11.0. The van der Waals surface area contributed by atoms with Crippen LogP contribution < -0.4 is 10.6 Å². The molecule has 2 saturated heterocycles. The second-order valence-corrected chi connectivity index (χ2v) is 14.5. The topological polar surface area (TPSA) is 170 Å². The number of carbonyl (C=O) groups excluding carboxylic acids is 3. The lowest BCUT2D eigenvalue weighted by Gasteiger charge is -2.35.